The summed E-state index contributed by atoms with van der Waals surface area (Å²) in [5.41, 5.74) is 0.165. The molecule has 0 spiro atoms. The van der Waals surface area contributed by atoms with E-state index in [0.717, 1.165) is 12.8 Å². The summed E-state index contributed by atoms with van der Waals surface area (Å²) in [6, 6.07) is 6.41. The van der Waals surface area contributed by atoms with Crippen molar-refractivity contribution < 1.29 is 9.18 Å². The van der Waals surface area contributed by atoms with Crippen LogP contribution >= 0.6 is 0 Å². The van der Waals surface area contributed by atoms with Crippen LogP contribution in [0.3, 0.4) is 0 Å². The van der Waals surface area contributed by atoms with Crippen LogP contribution in [0.25, 0.3) is 0 Å². The van der Waals surface area contributed by atoms with Crippen LogP contribution in [0.5, 0.6) is 0 Å². The number of nitrogens with zero attached hydrogens (tertiary/aromatic N) is 1. The molecule has 0 heterocycles. The summed E-state index contributed by atoms with van der Waals surface area (Å²) in [6.45, 7) is 8.08. The van der Waals surface area contributed by atoms with Crippen molar-refractivity contribution in [3.63, 3.8) is 0 Å². The molecule has 100 valence electrons. The zero-order valence-corrected chi connectivity index (χ0v) is 11.6. The van der Waals surface area contributed by atoms with E-state index in [0.29, 0.717) is 0 Å². The number of carbonyl (C=O) groups excluding carboxylic acids is 1. The van der Waals surface area contributed by atoms with E-state index in [-0.39, 0.29) is 23.6 Å². The molecule has 0 fully saturated rings. The van der Waals surface area contributed by atoms with Gasteiger partial charge in [-0.05, 0) is 38.8 Å². The first-order chi connectivity index (χ1) is 8.52. The van der Waals surface area contributed by atoms with Crippen LogP contribution in [0, 0.1) is 5.82 Å². The van der Waals surface area contributed by atoms with E-state index in [4.69, 9.17) is 0 Å². The van der Waals surface area contributed by atoms with Gasteiger partial charge in [0.1, 0.15) is 5.82 Å². The first-order valence-electron chi connectivity index (χ1n) is 6.60. The Balaban J connectivity index is 3.07. The monoisotopic (exact) mass is 251 g/mol. The van der Waals surface area contributed by atoms with Crippen LogP contribution in [0.4, 0.5) is 4.39 Å². The molecule has 2 atom stereocenters. The summed E-state index contributed by atoms with van der Waals surface area (Å²) in [5, 5.41) is 0. The molecule has 0 aliphatic carbocycles. The van der Waals surface area contributed by atoms with Gasteiger partial charge in [0.25, 0.3) is 5.91 Å². The average molecular weight is 251 g/mol. The zero-order valence-electron chi connectivity index (χ0n) is 11.6. The van der Waals surface area contributed by atoms with E-state index < -0.39 is 5.82 Å². The Morgan fingerprint density at radius 3 is 2.11 bits per heavy atom. The molecule has 0 N–H and O–H groups in total. The molecule has 1 rings (SSSR count). The fraction of sp³-hybridized carbons (Fsp3) is 0.533. The highest BCUT2D eigenvalue weighted by molar-refractivity contribution is 5.94. The number of hydrogen-bond acceptors (Lipinski definition) is 1. The van der Waals surface area contributed by atoms with Gasteiger partial charge in [-0.1, -0.05) is 26.0 Å². The van der Waals surface area contributed by atoms with Gasteiger partial charge in [-0.2, -0.15) is 0 Å². The quantitative estimate of drug-likeness (QED) is 0.778. The van der Waals surface area contributed by atoms with Gasteiger partial charge in [-0.25, -0.2) is 4.39 Å². The number of benzene rings is 1. The van der Waals surface area contributed by atoms with Crippen molar-refractivity contribution in [3.8, 4) is 0 Å². The molecule has 0 radical (unpaired) electrons. The van der Waals surface area contributed by atoms with Crippen LogP contribution < -0.4 is 0 Å². The van der Waals surface area contributed by atoms with E-state index in [2.05, 4.69) is 0 Å². The fourth-order valence-electron chi connectivity index (χ4n) is 2.00. The fourth-order valence-corrected chi connectivity index (χ4v) is 2.00. The van der Waals surface area contributed by atoms with Gasteiger partial charge < -0.3 is 4.90 Å². The first kappa shape index (κ1) is 14.7. The Bertz CT molecular complexity index is 395. The van der Waals surface area contributed by atoms with E-state index in [1.54, 1.807) is 23.1 Å². The highest BCUT2D eigenvalue weighted by Crippen LogP contribution is 2.18. The Labute approximate surface area is 109 Å². The molecule has 0 saturated heterocycles. The Hall–Kier alpha value is -1.38. The third kappa shape index (κ3) is 3.09. The molecule has 0 bridgehead atoms. The number of amides is 1. The average Bonchev–Trinajstić information content (AvgIpc) is 2.38. The normalized spacial score (nSPS) is 14.1. The topological polar surface area (TPSA) is 20.3 Å². The van der Waals surface area contributed by atoms with Gasteiger partial charge in [0.15, 0.2) is 0 Å². The second kappa shape index (κ2) is 6.53. The molecule has 2 unspecified atom stereocenters. The molecule has 1 aromatic rings. The van der Waals surface area contributed by atoms with Crippen molar-refractivity contribution in [1.82, 2.24) is 4.90 Å². The Morgan fingerprint density at radius 2 is 1.67 bits per heavy atom. The summed E-state index contributed by atoms with van der Waals surface area (Å²) in [6.07, 6.45) is 1.73. The van der Waals surface area contributed by atoms with Gasteiger partial charge in [-0.3, -0.25) is 4.79 Å². The van der Waals surface area contributed by atoms with Gasteiger partial charge in [0, 0.05) is 12.1 Å². The lowest BCUT2D eigenvalue weighted by molar-refractivity contribution is 0.0593. The number of rotatable bonds is 5. The molecule has 1 aromatic carbocycles. The second-order valence-corrected chi connectivity index (χ2v) is 4.71. The standard InChI is InChI=1S/C15H22FNO/c1-5-11(3)17(12(4)6-2)15(18)13-9-7-8-10-14(13)16/h7-12H,5-6H2,1-4H3. The second-order valence-electron chi connectivity index (χ2n) is 4.71. The van der Waals surface area contributed by atoms with Gasteiger partial charge in [0.05, 0.1) is 5.56 Å². The maximum absolute atomic E-state index is 13.7. The molecule has 0 saturated carbocycles. The molecule has 0 aromatic heterocycles. The van der Waals surface area contributed by atoms with Crippen molar-refractivity contribution in [2.45, 2.75) is 52.6 Å². The first-order valence-corrected chi connectivity index (χ1v) is 6.60. The zero-order chi connectivity index (χ0) is 13.7. The SMILES string of the molecule is CCC(C)N(C(=O)c1ccccc1F)C(C)CC. The van der Waals surface area contributed by atoms with Crippen molar-refractivity contribution in [2.24, 2.45) is 0 Å². The predicted octanol–water partition coefficient (Wildman–Crippen LogP) is 3.86. The molecular formula is C15H22FNO. The Morgan fingerprint density at radius 1 is 1.17 bits per heavy atom. The minimum Gasteiger partial charge on any atom is -0.333 e. The maximum atomic E-state index is 13.7. The Kier molecular flexibility index (Phi) is 5.32. The minimum absolute atomic E-state index is 0.118. The third-order valence-corrected chi connectivity index (χ3v) is 3.47. The van der Waals surface area contributed by atoms with Crippen molar-refractivity contribution in [2.75, 3.05) is 0 Å². The lowest BCUT2D eigenvalue weighted by Gasteiger charge is -2.34. The highest BCUT2D eigenvalue weighted by atomic mass is 19.1. The maximum Gasteiger partial charge on any atom is 0.257 e. The smallest absolute Gasteiger partial charge is 0.257 e. The van der Waals surface area contributed by atoms with E-state index in [1.807, 2.05) is 27.7 Å². The molecule has 0 aliphatic rings. The highest BCUT2D eigenvalue weighted by Gasteiger charge is 2.26. The van der Waals surface area contributed by atoms with Crippen molar-refractivity contribution in [1.29, 1.82) is 0 Å². The van der Waals surface area contributed by atoms with Gasteiger partial charge >= 0.3 is 0 Å². The predicted molar refractivity (Wildman–Crippen MR) is 72.1 cm³/mol. The molecule has 1 amide bonds. The summed E-state index contributed by atoms with van der Waals surface area (Å²) < 4.78 is 13.7. The van der Waals surface area contributed by atoms with Crippen molar-refractivity contribution >= 4 is 5.91 Å². The van der Waals surface area contributed by atoms with Crippen LogP contribution in [0.1, 0.15) is 50.9 Å². The van der Waals surface area contributed by atoms with Crippen LogP contribution in [0.2, 0.25) is 0 Å². The lowest BCUT2D eigenvalue weighted by Crippen LogP contribution is -2.44. The summed E-state index contributed by atoms with van der Waals surface area (Å²) in [7, 11) is 0. The van der Waals surface area contributed by atoms with Crippen LogP contribution in [0.15, 0.2) is 24.3 Å². The summed E-state index contributed by atoms with van der Waals surface area (Å²) >= 11 is 0. The third-order valence-electron chi connectivity index (χ3n) is 3.47. The summed E-state index contributed by atoms with van der Waals surface area (Å²) in [5.74, 6) is -0.657. The summed E-state index contributed by atoms with van der Waals surface area (Å²) in [4.78, 5) is 14.2. The number of halogens is 1. The molecule has 3 heteroatoms. The molecular weight excluding hydrogens is 229 g/mol. The largest absolute Gasteiger partial charge is 0.333 e. The molecule has 0 aliphatic heterocycles. The lowest BCUT2D eigenvalue weighted by atomic mass is 10.1. The van der Waals surface area contributed by atoms with Gasteiger partial charge in [0.2, 0.25) is 0 Å². The minimum atomic E-state index is -0.445. The number of carbonyl (C=O) groups is 1. The van der Waals surface area contributed by atoms with Gasteiger partial charge in [-0.15, -0.1) is 0 Å². The van der Waals surface area contributed by atoms with Crippen molar-refractivity contribution in [3.05, 3.63) is 35.6 Å². The molecule has 18 heavy (non-hydrogen) atoms. The van der Waals surface area contributed by atoms with E-state index in [9.17, 15) is 9.18 Å². The number of hydrogen-bond donors (Lipinski definition) is 0. The van der Waals surface area contributed by atoms with E-state index in [1.165, 1.54) is 6.07 Å². The molecule has 2 nitrogen and oxygen atoms in total. The van der Waals surface area contributed by atoms with E-state index >= 15 is 0 Å². The van der Waals surface area contributed by atoms with Crippen LogP contribution in [-0.4, -0.2) is 22.9 Å². The van der Waals surface area contributed by atoms with Crippen LogP contribution in [-0.2, 0) is 0 Å².